The lowest BCUT2D eigenvalue weighted by atomic mass is 9.94. The number of benzene rings is 2. The van der Waals surface area contributed by atoms with Gasteiger partial charge in [-0.2, -0.15) is 0 Å². The second-order valence-electron chi connectivity index (χ2n) is 7.80. The summed E-state index contributed by atoms with van der Waals surface area (Å²) in [5, 5.41) is 21.7. The van der Waals surface area contributed by atoms with Gasteiger partial charge in [-0.05, 0) is 50.1 Å². The van der Waals surface area contributed by atoms with Crippen LogP contribution in [0.5, 0.6) is 23.0 Å². The second kappa shape index (κ2) is 11.0. The topological polar surface area (TPSA) is 106 Å². The Morgan fingerprint density at radius 2 is 1.74 bits per heavy atom. The molecule has 0 saturated carbocycles. The van der Waals surface area contributed by atoms with Crippen molar-refractivity contribution in [2.24, 2.45) is 0 Å². The maximum absolute atomic E-state index is 13.2. The van der Waals surface area contributed by atoms with Crippen LogP contribution in [0.1, 0.15) is 50.8 Å². The fourth-order valence-corrected chi connectivity index (χ4v) is 4.04. The minimum absolute atomic E-state index is 0.0595. The quantitative estimate of drug-likeness (QED) is 0.301. The monoisotopic (exact) mass is 469 g/mol. The Kier molecular flexibility index (Phi) is 8.04. The zero-order chi connectivity index (χ0) is 24.8. The molecule has 0 bridgehead atoms. The first-order chi connectivity index (χ1) is 16.4. The molecule has 1 aliphatic rings. The summed E-state index contributed by atoms with van der Waals surface area (Å²) >= 11 is 0. The Morgan fingerprint density at radius 3 is 2.35 bits per heavy atom. The lowest BCUT2D eigenvalue weighted by molar-refractivity contribution is -0.139. The Bertz CT molecular complexity index is 1090. The first kappa shape index (κ1) is 25.0. The van der Waals surface area contributed by atoms with Gasteiger partial charge in [-0.1, -0.05) is 19.4 Å². The summed E-state index contributed by atoms with van der Waals surface area (Å²) in [4.78, 5) is 27.6. The number of hydrogen-bond donors (Lipinski definition) is 2. The van der Waals surface area contributed by atoms with E-state index in [9.17, 15) is 19.8 Å². The highest BCUT2D eigenvalue weighted by atomic mass is 16.5. The zero-order valence-electron chi connectivity index (χ0n) is 20.0. The highest BCUT2D eigenvalue weighted by Gasteiger charge is 2.46. The minimum Gasteiger partial charge on any atom is -0.507 e. The van der Waals surface area contributed by atoms with Gasteiger partial charge in [0.15, 0.2) is 11.5 Å². The Morgan fingerprint density at radius 1 is 1.00 bits per heavy atom. The molecule has 0 radical (unpaired) electrons. The molecule has 1 aliphatic heterocycles. The molecule has 34 heavy (non-hydrogen) atoms. The van der Waals surface area contributed by atoms with Crippen LogP contribution in [0.3, 0.4) is 0 Å². The summed E-state index contributed by atoms with van der Waals surface area (Å²) in [6, 6.07) is 8.72. The number of hydrogen-bond acceptors (Lipinski definition) is 7. The van der Waals surface area contributed by atoms with E-state index in [-0.39, 0.29) is 28.4 Å². The average molecular weight is 470 g/mol. The van der Waals surface area contributed by atoms with Gasteiger partial charge in [0.25, 0.3) is 11.7 Å². The molecule has 1 heterocycles. The molecular weight excluding hydrogens is 438 g/mol. The van der Waals surface area contributed by atoms with E-state index in [4.69, 9.17) is 14.2 Å². The van der Waals surface area contributed by atoms with Crippen molar-refractivity contribution < 1.29 is 34.0 Å². The molecule has 2 aromatic rings. The number of amides is 1. The molecule has 1 unspecified atom stereocenters. The third kappa shape index (κ3) is 4.81. The summed E-state index contributed by atoms with van der Waals surface area (Å²) in [6.07, 6.45) is 1.50. The number of unbranched alkanes of at least 4 members (excludes halogenated alkanes) is 1. The van der Waals surface area contributed by atoms with Gasteiger partial charge in [-0.25, -0.2) is 0 Å². The number of methoxy groups -OCH3 is 1. The van der Waals surface area contributed by atoms with Gasteiger partial charge in [-0.3, -0.25) is 9.59 Å². The number of likely N-dealkylation sites (tertiary alicyclic amines) is 1. The minimum atomic E-state index is -0.871. The van der Waals surface area contributed by atoms with E-state index in [1.54, 1.807) is 37.3 Å². The number of rotatable bonds is 10. The van der Waals surface area contributed by atoms with Crippen LogP contribution >= 0.6 is 0 Å². The Balaban J connectivity index is 2.20. The van der Waals surface area contributed by atoms with Crippen LogP contribution in [0, 0.1) is 0 Å². The van der Waals surface area contributed by atoms with Crippen LogP contribution in [-0.4, -0.2) is 53.7 Å². The van der Waals surface area contributed by atoms with Crippen LogP contribution < -0.4 is 14.2 Å². The van der Waals surface area contributed by atoms with Gasteiger partial charge in [0, 0.05) is 12.6 Å². The molecule has 8 heteroatoms. The number of aliphatic hydroxyl groups is 1. The van der Waals surface area contributed by atoms with Gasteiger partial charge in [0.1, 0.15) is 17.3 Å². The third-order valence-electron chi connectivity index (χ3n) is 5.63. The average Bonchev–Trinajstić information content (AvgIpc) is 3.07. The van der Waals surface area contributed by atoms with Crippen molar-refractivity contribution in [3.05, 3.63) is 53.1 Å². The molecule has 2 N–H and O–H groups in total. The fourth-order valence-electron chi connectivity index (χ4n) is 4.04. The molecule has 3 rings (SSSR count). The zero-order valence-corrected chi connectivity index (χ0v) is 20.0. The number of aliphatic hydroxyl groups excluding tert-OH is 1. The number of Topliss-reactive ketones (excluding diaryl/α,β-unsaturated/α-hetero) is 1. The molecule has 0 spiro atoms. The molecular formula is C26H31NO7. The highest BCUT2D eigenvalue weighted by molar-refractivity contribution is 6.46. The molecule has 2 aromatic carbocycles. The number of aromatic hydroxyl groups is 1. The maximum Gasteiger partial charge on any atom is 0.295 e. The summed E-state index contributed by atoms with van der Waals surface area (Å²) in [5.41, 5.74) is 0.705. The normalized spacial score (nSPS) is 17.2. The van der Waals surface area contributed by atoms with Crippen molar-refractivity contribution in [3.8, 4) is 23.0 Å². The molecule has 0 aromatic heterocycles. The number of nitrogens with zero attached hydrogens (tertiary/aromatic N) is 1. The second-order valence-corrected chi connectivity index (χ2v) is 7.80. The van der Waals surface area contributed by atoms with Gasteiger partial charge < -0.3 is 29.3 Å². The van der Waals surface area contributed by atoms with Crippen molar-refractivity contribution >= 4 is 17.4 Å². The standard InChI is InChI=1S/C26H31NO7/c1-5-8-13-27-23(16-9-12-20(32-4)19(28)14-16)22(25(30)26(27)31)24(29)18-11-10-17(33-6-2)15-21(18)34-7-3/h9-12,14-15,23,28-29H,5-8,13H2,1-4H3/b24-22-. The first-order valence-corrected chi connectivity index (χ1v) is 11.4. The van der Waals surface area contributed by atoms with E-state index in [0.29, 0.717) is 43.2 Å². The van der Waals surface area contributed by atoms with Crippen LogP contribution in [0.4, 0.5) is 0 Å². The lowest BCUT2D eigenvalue weighted by Crippen LogP contribution is -2.30. The lowest BCUT2D eigenvalue weighted by Gasteiger charge is -2.25. The number of carbonyl (C=O) groups is 2. The van der Waals surface area contributed by atoms with Crippen molar-refractivity contribution in [1.82, 2.24) is 4.90 Å². The highest BCUT2D eigenvalue weighted by Crippen LogP contribution is 2.43. The summed E-state index contributed by atoms with van der Waals surface area (Å²) in [7, 11) is 1.43. The molecule has 1 amide bonds. The Labute approximate surface area is 199 Å². The largest absolute Gasteiger partial charge is 0.507 e. The summed E-state index contributed by atoms with van der Waals surface area (Å²) in [5.74, 6) is -0.797. The van der Waals surface area contributed by atoms with E-state index in [1.807, 2.05) is 13.8 Å². The van der Waals surface area contributed by atoms with E-state index in [1.165, 1.54) is 18.1 Å². The first-order valence-electron chi connectivity index (χ1n) is 11.4. The SMILES string of the molecule is CCCCN1C(=O)C(=O)/C(=C(\O)c2ccc(OCC)cc2OCC)C1c1ccc(OC)c(O)c1. The van der Waals surface area contributed by atoms with Gasteiger partial charge in [0.2, 0.25) is 0 Å². The molecule has 182 valence electrons. The van der Waals surface area contributed by atoms with Crippen molar-refractivity contribution in [2.75, 3.05) is 26.9 Å². The predicted octanol–water partition coefficient (Wildman–Crippen LogP) is 4.42. The maximum atomic E-state index is 13.2. The third-order valence-corrected chi connectivity index (χ3v) is 5.63. The summed E-state index contributed by atoms with van der Waals surface area (Å²) < 4.78 is 16.4. The molecule has 1 fully saturated rings. The van der Waals surface area contributed by atoms with Crippen LogP contribution in [0.2, 0.25) is 0 Å². The number of ketones is 1. The predicted molar refractivity (Wildman–Crippen MR) is 127 cm³/mol. The molecule has 8 nitrogen and oxygen atoms in total. The number of phenols is 1. The van der Waals surface area contributed by atoms with Crippen LogP contribution in [0.15, 0.2) is 42.0 Å². The Hall–Kier alpha value is -3.68. The van der Waals surface area contributed by atoms with Crippen molar-refractivity contribution in [3.63, 3.8) is 0 Å². The number of ether oxygens (including phenoxy) is 3. The molecule has 1 saturated heterocycles. The van der Waals surface area contributed by atoms with Crippen LogP contribution in [0.25, 0.3) is 5.76 Å². The van der Waals surface area contributed by atoms with E-state index in [0.717, 1.165) is 6.42 Å². The van der Waals surface area contributed by atoms with Gasteiger partial charge >= 0.3 is 0 Å². The van der Waals surface area contributed by atoms with Crippen molar-refractivity contribution in [2.45, 2.75) is 39.7 Å². The van der Waals surface area contributed by atoms with Gasteiger partial charge in [0.05, 0.1) is 37.5 Å². The van der Waals surface area contributed by atoms with E-state index >= 15 is 0 Å². The number of carbonyl (C=O) groups excluding carboxylic acids is 2. The van der Waals surface area contributed by atoms with E-state index < -0.39 is 17.7 Å². The summed E-state index contributed by atoms with van der Waals surface area (Å²) in [6.45, 7) is 6.77. The smallest absolute Gasteiger partial charge is 0.295 e. The van der Waals surface area contributed by atoms with Crippen LogP contribution in [-0.2, 0) is 9.59 Å². The fraction of sp³-hybridized carbons (Fsp3) is 0.385. The van der Waals surface area contributed by atoms with Crippen molar-refractivity contribution in [1.29, 1.82) is 0 Å². The van der Waals surface area contributed by atoms with E-state index in [2.05, 4.69) is 0 Å². The molecule has 0 aliphatic carbocycles. The molecule has 1 atom stereocenters. The van der Waals surface area contributed by atoms with Gasteiger partial charge in [-0.15, -0.1) is 0 Å². The number of phenolic OH excluding ortho intramolecular Hbond substituents is 1.